The van der Waals surface area contributed by atoms with E-state index in [9.17, 15) is 10.5 Å². The number of hydrogen-bond donors (Lipinski definition) is 0. The summed E-state index contributed by atoms with van der Waals surface area (Å²) in [6.07, 6.45) is 3.84. The van der Waals surface area contributed by atoms with Gasteiger partial charge in [-0.3, -0.25) is 0 Å². The van der Waals surface area contributed by atoms with Gasteiger partial charge in [-0.1, -0.05) is 66.2 Å². The zero-order valence-electron chi connectivity index (χ0n) is 13.8. The standard InChI is InChI=1S/C20H15ClN2S2/c1-24-20(25-2)19(21)18(17(12-22)13-23)16-10-8-15(9-11-16)14-6-4-3-5-7-14/h3-11H,1-2H3. The molecular formula is C20H15ClN2S2. The third-order valence-electron chi connectivity index (χ3n) is 3.52. The van der Waals surface area contributed by atoms with Gasteiger partial charge in [0.05, 0.1) is 9.27 Å². The average molecular weight is 383 g/mol. The molecule has 0 atom stereocenters. The van der Waals surface area contributed by atoms with E-state index in [-0.39, 0.29) is 5.57 Å². The van der Waals surface area contributed by atoms with Gasteiger partial charge in [0.2, 0.25) is 0 Å². The van der Waals surface area contributed by atoms with E-state index in [0.29, 0.717) is 10.6 Å². The van der Waals surface area contributed by atoms with E-state index >= 15 is 0 Å². The van der Waals surface area contributed by atoms with Gasteiger partial charge in [0.1, 0.15) is 17.7 Å². The van der Waals surface area contributed by atoms with Crippen LogP contribution in [-0.2, 0) is 0 Å². The number of hydrogen-bond acceptors (Lipinski definition) is 4. The van der Waals surface area contributed by atoms with Gasteiger partial charge in [0.25, 0.3) is 0 Å². The van der Waals surface area contributed by atoms with Gasteiger partial charge in [-0.2, -0.15) is 10.5 Å². The van der Waals surface area contributed by atoms with Crippen LogP contribution in [0.5, 0.6) is 0 Å². The Morgan fingerprint density at radius 2 is 1.36 bits per heavy atom. The molecule has 0 fully saturated rings. The van der Waals surface area contributed by atoms with Crippen LogP contribution in [0.15, 0.2) is 69.4 Å². The molecule has 25 heavy (non-hydrogen) atoms. The maximum Gasteiger partial charge on any atom is 0.139 e. The van der Waals surface area contributed by atoms with Crippen LogP contribution in [0.4, 0.5) is 0 Å². The van der Waals surface area contributed by atoms with Gasteiger partial charge in [-0.25, -0.2) is 0 Å². The molecule has 0 heterocycles. The zero-order chi connectivity index (χ0) is 18.2. The SMILES string of the molecule is CSC(SC)=C(Cl)C(=C(C#N)C#N)c1ccc(-c2ccccc2)cc1. The number of allylic oxidation sites excluding steroid dienone is 3. The fourth-order valence-corrected chi connectivity index (χ4v) is 4.24. The van der Waals surface area contributed by atoms with Gasteiger partial charge in [-0.15, -0.1) is 23.5 Å². The number of nitrogens with zero attached hydrogens (tertiary/aromatic N) is 2. The summed E-state index contributed by atoms with van der Waals surface area (Å²) in [5, 5.41) is 19.1. The lowest BCUT2D eigenvalue weighted by atomic mass is 9.97. The Balaban J connectivity index is 2.58. The van der Waals surface area contributed by atoms with Crippen molar-refractivity contribution in [2.24, 2.45) is 0 Å². The highest BCUT2D eigenvalue weighted by Gasteiger charge is 2.17. The lowest BCUT2D eigenvalue weighted by Crippen LogP contribution is -1.92. The van der Waals surface area contributed by atoms with Crippen molar-refractivity contribution in [2.75, 3.05) is 12.5 Å². The number of nitriles is 2. The van der Waals surface area contributed by atoms with Crippen molar-refractivity contribution in [1.82, 2.24) is 0 Å². The normalized spacial score (nSPS) is 9.64. The summed E-state index contributed by atoms with van der Waals surface area (Å²) in [4.78, 5) is 0. The van der Waals surface area contributed by atoms with Crippen LogP contribution in [0, 0.1) is 22.7 Å². The Bertz CT molecular complexity index is 864. The molecule has 0 radical (unpaired) electrons. The lowest BCUT2D eigenvalue weighted by Gasteiger charge is -2.12. The average Bonchev–Trinajstić information content (AvgIpc) is 2.67. The fraction of sp³-hybridized carbons (Fsp3) is 0.100. The van der Waals surface area contributed by atoms with Crippen molar-refractivity contribution >= 4 is 40.7 Å². The van der Waals surface area contributed by atoms with Crippen LogP contribution in [-0.4, -0.2) is 12.5 Å². The molecule has 0 aliphatic heterocycles. The summed E-state index contributed by atoms with van der Waals surface area (Å²) in [5.41, 5.74) is 3.41. The first-order valence-corrected chi connectivity index (χ1v) is 10.2. The Labute approximate surface area is 161 Å². The van der Waals surface area contributed by atoms with Gasteiger partial charge in [0.15, 0.2) is 0 Å². The molecule has 0 aliphatic carbocycles. The van der Waals surface area contributed by atoms with Gasteiger partial charge < -0.3 is 0 Å². The molecule has 0 saturated carbocycles. The molecule has 2 nitrogen and oxygen atoms in total. The minimum Gasteiger partial charge on any atom is -0.192 e. The predicted molar refractivity (Wildman–Crippen MR) is 110 cm³/mol. The van der Waals surface area contributed by atoms with Crippen molar-refractivity contribution in [2.45, 2.75) is 0 Å². The molecule has 0 N–H and O–H groups in total. The molecule has 124 valence electrons. The Hall–Kier alpha value is -2.11. The van der Waals surface area contributed by atoms with E-state index in [2.05, 4.69) is 0 Å². The first-order valence-electron chi connectivity index (χ1n) is 7.34. The van der Waals surface area contributed by atoms with Crippen molar-refractivity contribution < 1.29 is 0 Å². The molecule has 5 heteroatoms. The molecular weight excluding hydrogens is 368 g/mol. The van der Waals surface area contributed by atoms with Crippen LogP contribution in [0.3, 0.4) is 0 Å². The molecule has 0 aliphatic rings. The van der Waals surface area contributed by atoms with E-state index in [0.717, 1.165) is 20.9 Å². The first-order chi connectivity index (χ1) is 12.2. The minimum atomic E-state index is 0.0121. The second-order valence-corrected chi connectivity index (χ2v) is 7.20. The fourth-order valence-electron chi connectivity index (χ4n) is 2.34. The third kappa shape index (κ3) is 4.50. The van der Waals surface area contributed by atoms with Crippen LogP contribution in [0.2, 0.25) is 0 Å². The zero-order valence-corrected chi connectivity index (χ0v) is 16.2. The minimum absolute atomic E-state index is 0.0121. The second kappa shape index (κ2) is 9.39. The van der Waals surface area contributed by atoms with E-state index in [1.165, 1.54) is 23.5 Å². The molecule has 0 saturated heterocycles. The molecule has 0 spiro atoms. The van der Waals surface area contributed by atoms with Crippen molar-refractivity contribution in [1.29, 1.82) is 10.5 Å². The van der Waals surface area contributed by atoms with E-state index in [1.54, 1.807) is 0 Å². The quantitative estimate of drug-likeness (QED) is 0.450. The molecule has 0 unspecified atom stereocenters. The summed E-state index contributed by atoms with van der Waals surface area (Å²) in [6.45, 7) is 0. The molecule has 2 aromatic carbocycles. The van der Waals surface area contributed by atoms with E-state index in [4.69, 9.17) is 11.6 Å². The Morgan fingerprint density at radius 3 is 1.84 bits per heavy atom. The first kappa shape index (κ1) is 19.2. The summed E-state index contributed by atoms with van der Waals surface area (Å²) in [7, 11) is 0. The smallest absolute Gasteiger partial charge is 0.139 e. The highest BCUT2D eigenvalue weighted by Crippen LogP contribution is 2.39. The van der Waals surface area contributed by atoms with Crippen LogP contribution >= 0.6 is 35.1 Å². The van der Waals surface area contributed by atoms with Crippen LogP contribution in [0.1, 0.15) is 5.56 Å². The number of thioether (sulfide) groups is 2. The third-order valence-corrected chi connectivity index (χ3v) is 6.28. The van der Waals surface area contributed by atoms with E-state index in [1.807, 2.05) is 79.2 Å². The Morgan fingerprint density at radius 1 is 0.840 bits per heavy atom. The maximum atomic E-state index is 9.34. The van der Waals surface area contributed by atoms with Crippen molar-refractivity contribution in [3.63, 3.8) is 0 Å². The lowest BCUT2D eigenvalue weighted by molar-refractivity contribution is 1.45. The van der Waals surface area contributed by atoms with Crippen LogP contribution in [0.25, 0.3) is 16.7 Å². The monoisotopic (exact) mass is 382 g/mol. The molecule has 0 amide bonds. The number of halogens is 1. The molecule has 0 aromatic heterocycles. The van der Waals surface area contributed by atoms with Crippen molar-refractivity contribution in [3.8, 4) is 23.3 Å². The predicted octanol–water partition coefficient (Wildman–Crippen LogP) is 6.29. The Kier molecular flexibility index (Phi) is 7.22. The van der Waals surface area contributed by atoms with Gasteiger partial charge in [0, 0.05) is 5.57 Å². The second-order valence-electron chi connectivity index (χ2n) is 4.93. The summed E-state index contributed by atoms with van der Waals surface area (Å²) >= 11 is 9.53. The summed E-state index contributed by atoms with van der Waals surface area (Å²) in [6, 6.07) is 21.7. The van der Waals surface area contributed by atoms with Crippen molar-refractivity contribution in [3.05, 3.63) is 75.0 Å². The highest BCUT2D eigenvalue weighted by atomic mass is 35.5. The molecule has 0 bridgehead atoms. The molecule has 2 aromatic rings. The maximum absolute atomic E-state index is 9.34. The van der Waals surface area contributed by atoms with Crippen LogP contribution < -0.4 is 0 Å². The van der Waals surface area contributed by atoms with Gasteiger partial charge >= 0.3 is 0 Å². The van der Waals surface area contributed by atoms with Gasteiger partial charge in [-0.05, 0) is 29.2 Å². The highest BCUT2D eigenvalue weighted by molar-refractivity contribution is 8.21. The summed E-state index contributed by atoms with van der Waals surface area (Å²) < 4.78 is 0.867. The number of rotatable bonds is 5. The largest absolute Gasteiger partial charge is 0.192 e. The topological polar surface area (TPSA) is 47.6 Å². The van der Waals surface area contributed by atoms with E-state index < -0.39 is 0 Å². The summed E-state index contributed by atoms with van der Waals surface area (Å²) in [5.74, 6) is 0. The number of benzene rings is 2. The molecule has 2 rings (SSSR count).